The van der Waals surface area contributed by atoms with Crippen LogP contribution in [0, 0.1) is 5.92 Å². The molecule has 0 aliphatic heterocycles. The molecule has 3 aromatic rings. The lowest BCUT2D eigenvalue weighted by Gasteiger charge is -2.30. The van der Waals surface area contributed by atoms with Crippen LogP contribution in [0.2, 0.25) is 0 Å². The summed E-state index contributed by atoms with van der Waals surface area (Å²) < 4.78 is 26.5. The number of anilines is 2. The van der Waals surface area contributed by atoms with Crippen molar-refractivity contribution in [3.8, 4) is 0 Å². The second kappa shape index (κ2) is 7.36. The molecule has 0 radical (unpaired) electrons. The quantitative estimate of drug-likeness (QED) is 0.642. The Bertz CT molecular complexity index is 1010. The van der Waals surface area contributed by atoms with E-state index in [-0.39, 0.29) is 15.3 Å². The van der Waals surface area contributed by atoms with E-state index in [0.29, 0.717) is 17.6 Å². The summed E-state index contributed by atoms with van der Waals surface area (Å²) in [7, 11) is -3.71. The van der Waals surface area contributed by atoms with E-state index in [1.165, 1.54) is 6.20 Å². The van der Waals surface area contributed by atoms with Crippen LogP contribution in [0.5, 0.6) is 0 Å². The summed E-state index contributed by atoms with van der Waals surface area (Å²) in [5, 5.41) is 1.67. The Morgan fingerprint density at radius 3 is 2.48 bits per heavy atom. The van der Waals surface area contributed by atoms with Crippen LogP contribution in [-0.2, 0) is 9.84 Å². The van der Waals surface area contributed by atoms with Crippen LogP contribution >= 0.6 is 11.3 Å². The van der Waals surface area contributed by atoms with Gasteiger partial charge in [0.2, 0.25) is 20.1 Å². The predicted molar refractivity (Wildman–Crippen MR) is 105 cm³/mol. The molecule has 2 unspecified atom stereocenters. The minimum absolute atomic E-state index is 0.101. The summed E-state index contributed by atoms with van der Waals surface area (Å²) in [6.45, 7) is 2.22. The van der Waals surface area contributed by atoms with Crippen LogP contribution in [-0.4, -0.2) is 29.4 Å². The van der Waals surface area contributed by atoms with Gasteiger partial charge >= 0.3 is 0 Å². The summed E-state index contributed by atoms with van der Waals surface area (Å²) in [6.07, 6.45) is 7.94. The number of sulfone groups is 1. The number of aromatic nitrogens is 3. The van der Waals surface area contributed by atoms with Gasteiger partial charge in [-0.25, -0.2) is 23.4 Å². The van der Waals surface area contributed by atoms with Crippen LogP contribution < -0.4 is 4.90 Å². The second-order valence-electron chi connectivity index (χ2n) is 6.76. The maximum atomic E-state index is 13.2. The van der Waals surface area contributed by atoms with Crippen LogP contribution in [0.15, 0.2) is 63.5 Å². The first-order valence-corrected chi connectivity index (χ1v) is 11.2. The number of rotatable bonds is 5. The highest BCUT2D eigenvalue weighted by Gasteiger charge is 2.34. The summed E-state index contributed by atoms with van der Waals surface area (Å²) in [5.41, 5.74) is 0.609. The molecule has 2 heterocycles. The number of benzene rings is 1. The molecule has 1 aliphatic carbocycles. The topological polar surface area (TPSA) is 76.1 Å². The summed E-state index contributed by atoms with van der Waals surface area (Å²) in [5.74, 6) is 1.11. The van der Waals surface area contributed by atoms with E-state index < -0.39 is 9.84 Å². The van der Waals surface area contributed by atoms with Gasteiger partial charge in [0, 0.05) is 30.0 Å². The van der Waals surface area contributed by atoms with Crippen molar-refractivity contribution < 1.29 is 8.42 Å². The van der Waals surface area contributed by atoms with Gasteiger partial charge in [0.25, 0.3) is 0 Å². The minimum Gasteiger partial charge on any atom is -0.306 e. The number of hydrogen-bond acceptors (Lipinski definition) is 7. The van der Waals surface area contributed by atoms with Crippen LogP contribution in [0.1, 0.15) is 26.2 Å². The molecule has 140 valence electrons. The van der Waals surface area contributed by atoms with E-state index in [9.17, 15) is 8.42 Å². The molecule has 1 aromatic carbocycles. The number of nitrogens with zero attached hydrogens (tertiary/aromatic N) is 4. The third-order valence-electron chi connectivity index (χ3n) is 4.85. The highest BCUT2D eigenvalue weighted by molar-refractivity contribution is 7.93. The zero-order valence-electron chi connectivity index (χ0n) is 14.9. The molecule has 1 aliphatic rings. The summed E-state index contributed by atoms with van der Waals surface area (Å²) in [4.78, 5) is 15.1. The van der Waals surface area contributed by atoms with Crippen molar-refractivity contribution in [2.24, 2.45) is 5.92 Å². The molecule has 0 amide bonds. The average molecular weight is 401 g/mol. The highest BCUT2D eigenvalue weighted by Crippen LogP contribution is 2.39. The Labute approximate surface area is 162 Å². The predicted octanol–water partition coefficient (Wildman–Crippen LogP) is 4.09. The van der Waals surface area contributed by atoms with E-state index >= 15 is 0 Å². The standard InChI is InChI=1S/C19H20N4O2S2/c1-14-7-8-15(13-14)23(18-20-9-4-10-21-18)16-5-2-3-6-17(16)27(24,25)19-22-11-12-26-19/h2-6,9-12,14-15H,7-8,13H2,1H3. The Balaban J connectivity index is 1.87. The van der Waals surface area contributed by atoms with Crippen molar-refractivity contribution in [3.05, 3.63) is 54.3 Å². The molecule has 6 nitrogen and oxygen atoms in total. The van der Waals surface area contributed by atoms with E-state index in [1.54, 1.807) is 36.0 Å². The molecule has 8 heteroatoms. The van der Waals surface area contributed by atoms with Gasteiger partial charge in [-0.05, 0) is 43.4 Å². The first kappa shape index (κ1) is 18.1. The largest absolute Gasteiger partial charge is 0.306 e. The first-order valence-electron chi connectivity index (χ1n) is 8.87. The normalized spacial score (nSPS) is 19.9. The van der Waals surface area contributed by atoms with Gasteiger partial charge in [-0.2, -0.15) is 0 Å². The van der Waals surface area contributed by atoms with Crippen molar-refractivity contribution in [2.75, 3.05) is 4.90 Å². The maximum absolute atomic E-state index is 13.2. The number of para-hydroxylation sites is 1. The minimum atomic E-state index is -3.71. The Morgan fingerprint density at radius 1 is 1.04 bits per heavy atom. The fraction of sp³-hybridized carbons (Fsp3) is 0.316. The lowest BCUT2D eigenvalue weighted by atomic mass is 10.1. The highest BCUT2D eigenvalue weighted by atomic mass is 32.2. The molecule has 1 saturated carbocycles. The summed E-state index contributed by atoms with van der Waals surface area (Å²) >= 11 is 1.12. The van der Waals surface area contributed by atoms with Gasteiger partial charge in [-0.3, -0.25) is 0 Å². The molecule has 0 spiro atoms. The van der Waals surface area contributed by atoms with E-state index in [2.05, 4.69) is 21.9 Å². The van der Waals surface area contributed by atoms with Crippen molar-refractivity contribution in [1.29, 1.82) is 0 Å². The molecule has 0 bridgehead atoms. The van der Waals surface area contributed by atoms with Gasteiger partial charge in [0.15, 0.2) is 0 Å². The third-order valence-corrected chi connectivity index (χ3v) is 7.85. The molecule has 1 fully saturated rings. The van der Waals surface area contributed by atoms with Gasteiger partial charge < -0.3 is 4.90 Å². The van der Waals surface area contributed by atoms with Gasteiger partial charge in [-0.15, -0.1) is 11.3 Å². The summed E-state index contributed by atoms with van der Waals surface area (Å²) in [6, 6.07) is 8.99. The van der Waals surface area contributed by atoms with Crippen molar-refractivity contribution in [3.63, 3.8) is 0 Å². The maximum Gasteiger partial charge on any atom is 0.235 e. The molecule has 4 rings (SSSR count). The molecule has 27 heavy (non-hydrogen) atoms. The van der Waals surface area contributed by atoms with Crippen molar-refractivity contribution in [2.45, 2.75) is 41.5 Å². The molecule has 2 atom stereocenters. The van der Waals surface area contributed by atoms with Crippen molar-refractivity contribution in [1.82, 2.24) is 15.0 Å². The lowest BCUT2D eigenvalue weighted by molar-refractivity contribution is 0.581. The second-order valence-corrected chi connectivity index (χ2v) is 9.75. The average Bonchev–Trinajstić information content (AvgIpc) is 3.36. The Kier molecular flexibility index (Phi) is 4.92. The lowest BCUT2D eigenvalue weighted by Crippen LogP contribution is -2.31. The van der Waals surface area contributed by atoms with Crippen LogP contribution in [0.4, 0.5) is 11.6 Å². The Hall–Kier alpha value is -2.32. The van der Waals surface area contributed by atoms with E-state index in [4.69, 9.17) is 0 Å². The molecule has 2 aromatic heterocycles. The SMILES string of the molecule is CC1CCC(N(c2ncccn2)c2ccccc2S(=O)(=O)c2nccs2)C1. The monoisotopic (exact) mass is 400 g/mol. The first-order chi connectivity index (χ1) is 13.1. The van der Waals surface area contributed by atoms with Crippen molar-refractivity contribution >= 4 is 32.8 Å². The van der Waals surface area contributed by atoms with Gasteiger partial charge in [0.05, 0.1) is 10.6 Å². The van der Waals surface area contributed by atoms with Crippen LogP contribution in [0.3, 0.4) is 0 Å². The van der Waals surface area contributed by atoms with E-state index in [1.807, 2.05) is 17.0 Å². The van der Waals surface area contributed by atoms with Gasteiger partial charge in [-0.1, -0.05) is 19.1 Å². The zero-order valence-corrected chi connectivity index (χ0v) is 16.5. The Morgan fingerprint density at radius 2 is 1.81 bits per heavy atom. The number of hydrogen-bond donors (Lipinski definition) is 0. The molecular weight excluding hydrogens is 380 g/mol. The van der Waals surface area contributed by atoms with E-state index in [0.717, 1.165) is 30.6 Å². The number of thiazole rings is 1. The molecule has 0 N–H and O–H groups in total. The van der Waals surface area contributed by atoms with Crippen LogP contribution in [0.25, 0.3) is 0 Å². The third kappa shape index (κ3) is 3.46. The van der Waals surface area contributed by atoms with Gasteiger partial charge in [0.1, 0.15) is 0 Å². The smallest absolute Gasteiger partial charge is 0.235 e. The zero-order chi connectivity index (χ0) is 18.9. The fourth-order valence-electron chi connectivity index (χ4n) is 3.62. The molecular formula is C19H20N4O2S2. The molecule has 0 saturated heterocycles. The fourth-order valence-corrected chi connectivity index (χ4v) is 6.01.